The first-order valence-corrected chi connectivity index (χ1v) is 11.7. The third-order valence-electron chi connectivity index (χ3n) is 5.27. The van der Waals surface area contributed by atoms with E-state index in [0.29, 0.717) is 38.0 Å². The number of aliphatic carboxylic acids is 1. The number of halogens is 1. The van der Waals surface area contributed by atoms with Crippen molar-refractivity contribution < 1.29 is 29.0 Å². The highest BCUT2D eigenvalue weighted by molar-refractivity contribution is 9.10. The second-order valence-electron chi connectivity index (χ2n) is 8.59. The number of ether oxygens (including phenoxy) is 2. The van der Waals surface area contributed by atoms with Crippen LogP contribution in [0.2, 0.25) is 0 Å². The molecule has 0 saturated heterocycles. The Morgan fingerprint density at radius 3 is 1.82 bits per heavy atom. The number of carbonyl (C=O) groups excluding carboxylic acids is 2. The fourth-order valence-corrected chi connectivity index (χ4v) is 4.65. The molecule has 8 heteroatoms. The molecule has 1 aliphatic rings. The Morgan fingerprint density at radius 2 is 1.41 bits per heavy atom. The third kappa shape index (κ3) is 4.14. The van der Waals surface area contributed by atoms with Gasteiger partial charge >= 0.3 is 5.97 Å². The fraction of sp³-hybridized carbons (Fsp3) is 0.269. The van der Waals surface area contributed by atoms with Gasteiger partial charge in [-0.05, 0) is 61.3 Å². The van der Waals surface area contributed by atoms with E-state index < -0.39 is 17.8 Å². The number of nitrogens with zero attached hydrogens (tertiary/aromatic N) is 1. The summed E-state index contributed by atoms with van der Waals surface area (Å²) in [5, 5.41) is 10.4. The zero-order valence-electron chi connectivity index (χ0n) is 19.2. The van der Waals surface area contributed by atoms with E-state index in [4.69, 9.17) is 14.6 Å². The van der Waals surface area contributed by atoms with Gasteiger partial charge in [0.15, 0.2) is 0 Å². The number of fused-ring (bicyclic) bond motifs is 2. The van der Waals surface area contributed by atoms with Gasteiger partial charge in [-0.3, -0.25) is 14.4 Å². The molecule has 3 aromatic carbocycles. The molecule has 4 rings (SSSR count). The Hall–Kier alpha value is -3.39. The smallest absolute Gasteiger partial charge is 0.307 e. The number of carboxylic acid groups (broad SMARTS) is 1. The van der Waals surface area contributed by atoms with Crippen LogP contribution in [0.25, 0.3) is 10.8 Å². The molecular formula is C26H24BrNO6. The maximum Gasteiger partial charge on any atom is 0.307 e. The largest absolute Gasteiger partial charge is 0.489 e. The first kappa shape index (κ1) is 23.8. The van der Waals surface area contributed by atoms with E-state index in [0.717, 1.165) is 4.90 Å². The number of imide groups is 1. The summed E-state index contributed by atoms with van der Waals surface area (Å²) < 4.78 is 12.6. The van der Waals surface area contributed by atoms with Crippen LogP contribution in [-0.4, -0.2) is 35.1 Å². The van der Waals surface area contributed by atoms with Crippen molar-refractivity contribution in [2.45, 2.75) is 46.3 Å². The average Bonchev–Trinajstić information content (AvgIpc) is 3.00. The molecule has 1 aliphatic heterocycles. The first-order chi connectivity index (χ1) is 16.1. The van der Waals surface area contributed by atoms with Gasteiger partial charge < -0.3 is 14.6 Å². The number of carboxylic acids is 1. The van der Waals surface area contributed by atoms with Crippen molar-refractivity contribution in [3.63, 3.8) is 0 Å². The Morgan fingerprint density at radius 1 is 0.912 bits per heavy atom. The molecule has 0 unspecified atom stereocenters. The van der Waals surface area contributed by atoms with Gasteiger partial charge in [0.05, 0.1) is 35.4 Å². The molecule has 0 spiro atoms. The number of anilines is 1. The van der Waals surface area contributed by atoms with Crippen molar-refractivity contribution in [2.75, 3.05) is 4.90 Å². The lowest BCUT2D eigenvalue weighted by Crippen LogP contribution is -2.30. The topological polar surface area (TPSA) is 93.1 Å². The van der Waals surface area contributed by atoms with Gasteiger partial charge in [-0.25, -0.2) is 4.90 Å². The summed E-state index contributed by atoms with van der Waals surface area (Å²) in [5.41, 5.74) is 1.18. The van der Waals surface area contributed by atoms with E-state index in [-0.39, 0.29) is 29.8 Å². The quantitative estimate of drug-likeness (QED) is 0.403. The average molecular weight is 526 g/mol. The van der Waals surface area contributed by atoms with Crippen molar-refractivity contribution in [3.8, 4) is 11.5 Å². The predicted molar refractivity (Wildman–Crippen MR) is 132 cm³/mol. The molecule has 34 heavy (non-hydrogen) atoms. The zero-order chi connectivity index (χ0) is 24.7. The van der Waals surface area contributed by atoms with Crippen molar-refractivity contribution >= 4 is 50.2 Å². The summed E-state index contributed by atoms with van der Waals surface area (Å²) in [7, 11) is 0. The normalized spacial score (nSPS) is 13.2. The van der Waals surface area contributed by atoms with Crippen LogP contribution >= 0.6 is 15.9 Å². The lowest BCUT2D eigenvalue weighted by atomic mass is 9.98. The summed E-state index contributed by atoms with van der Waals surface area (Å²) in [6, 6.07) is 12.1. The third-order valence-corrected chi connectivity index (χ3v) is 5.90. The highest BCUT2D eigenvalue weighted by atomic mass is 79.9. The van der Waals surface area contributed by atoms with Gasteiger partial charge in [0.25, 0.3) is 11.8 Å². The lowest BCUT2D eigenvalue weighted by Gasteiger charge is -2.20. The molecule has 0 radical (unpaired) electrons. The van der Waals surface area contributed by atoms with Crippen LogP contribution in [0.1, 0.15) is 54.0 Å². The Kier molecular flexibility index (Phi) is 6.36. The van der Waals surface area contributed by atoms with E-state index in [1.807, 2.05) is 52.0 Å². The van der Waals surface area contributed by atoms with Crippen molar-refractivity contribution in [2.24, 2.45) is 0 Å². The molecule has 176 valence electrons. The molecule has 7 nitrogen and oxygen atoms in total. The van der Waals surface area contributed by atoms with Gasteiger partial charge in [0.2, 0.25) is 0 Å². The first-order valence-electron chi connectivity index (χ1n) is 10.9. The summed E-state index contributed by atoms with van der Waals surface area (Å²) in [4.78, 5) is 39.7. The number of amides is 2. The molecular weight excluding hydrogens is 502 g/mol. The van der Waals surface area contributed by atoms with Gasteiger partial charge in [0.1, 0.15) is 11.5 Å². The number of hydrogen-bond acceptors (Lipinski definition) is 5. The molecule has 2 amide bonds. The summed E-state index contributed by atoms with van der Waals surface area (Å²) in [6.07, 6.45) is -0.641. The standard InChI is InChI=1S/C26H24BrNO6/c1-13(2)33-23-16-7-5-6-8-17(16)24(34-14(3)4)22-21(23)25(31)28(26(22)32)19-10-9-15(11-18(19)27)12-20(29)30/h5-11,13-14H,12H2,1-4H3,(H,29,30). The van der Waals surface area contributed by atoms with Crippen LogP contribution in [0.3, 0.4) is 0 Å². The van der Waals surface area contributed by atoms with E-state index in [1.165, 1.54) is 0 Å². The monoisotopic (exact) mass is 525 g/mol. The second kappa shape index (κ2) is 9.10. The zero-order valence-corrected chi connectivity index (χ0v) is 20.8. The summed E-state index contributed by atoms with van der Waals surface area (Å²) >= 11 is 3.41. The number of hydrogen-bond donors (Lipinski definition) is 1. The lowest BCUT2D eigenvalue weighted by molar-refractivity contribution is -0.136. The molecule has 1 N–H and O–H groups in total. The van der Waals surface area contributed by atoms with Crippen molar-refractivity contribution in [3.05, 3.63) is 63.6 Å². The fourth-order valence-electron chi connectivity index (χ4n) is 4.05. The van der Waals surface area contributed by atoms with Gasteiger partial charge in [-0.15, -0.1) is 0 Å². The van der Waals surface area contributed by atoms with E-state index >= 15 is 0 Å². The number of benzene rings is 3. The number of rotatable bonds is 7. The minimum atomic E-state index is -0.974. The van der Waals surface area contributed by atoms with Gasteiger partial charge in [0, 0.05) is 15.2 Å². The molecule has 0 saturated carbocycles. The highest BCUT2D eigenvalue weighted by Crippen LogP contribution is 2.47. The molecule has 3 aromatic rings. The van der Waals surface area contributed by atoms with Gasteiger partial charge in [-0.1, -0.05) is 30.3 Å². The molecule has 0 atom stereocenters. The maximum absolute atomic E-state index is 13.8. The molecule has 1 heterocycles. The minimum Gasteiger partial charge on any atom is -0.489 e. The van der Waals surface area contributed by atoms with E-state index in [2.05, 4.69) is 15.9 Å². The molecule has 0 aliphatic carbocycles. The van der Waals surface area contributed by atoms with Crippen molar-refractivity contribution in [1.29, 1.82) is 0 Å². The SMILES string of the molecule is CC(C)Oc1c2c(c(OC(C)C)c3ccccc13)C(=O)N(c1ccc(CC(=O)O)cc1Br)C2=O. The van der Waals surface area contributed by atoms with Gasteiger partial charge in [-0.2, -0.15) is 0 Å². The van der Waals surface area contributed by atoms with Crippen molar-refractivity contribution in [1.82, 2.24) is 0 Å². The van der Waals surface area contributed by atoms with Crippen LogP contribution in [0.4, 0.5) is 5.69 Å². The predicted octanol–water partition coefficient (Wildman–Crippen LogP) is 5.60. The van der Waals surface area contributed by atoms with Crippen LogP contribution in [0.15, 0.2) is 46.9 Å². The minimum absolute atomic E-state index is 0.162. The highest BCUT2D eigenvalue weighted by Gasteiger charge is 2.44. The van der Waals surface area contributed by atoms with Crippen LogP contribution < -0.4 is 14.4 Å². The van der Waals surface area contributed by atoms with Crippen LogP contribution in [0.5, 0.6) is 11.5 Å². The molecule has 0 bridgehead atoms. The molecule has 0 aromatic heterocycles. The summed E-state index contributed by atoms with van der Waals surface area (Å²) in [5.74, 6) is -1.34. The van der Waals surface area contributed by atoms with E-state index in [1.54, 1.807) is 18.2 Å². The second-order valence-corrected chi connectivity index (χ2v) is 9.44. The Labute approximate surface area is 205 Å². The Bertz CT molecular complexity index is 1260. The summed E-state index contributed by atoms with van der Waals surface area (Å²) in [6.45, 7) is 7.43. The van der Waals surface area contributed by atoms with Crippen LogP contribution in [0, 0.1) is 0 Å². The van der Waals surface area contributed by atoms with Crippen LogP contribution in [-0.2, 0) is 11.2 Å². The maximum atomic E-state index is 13.8. The van der Waals surface area contributed by atoms with E-state index in [9.17, 15) is 14.4 Å². The Balaban J connectivity index is 1.96. The number of carbonyl (C=O) groups is 3. The molecule has 0 fully saturated rings.